The molecule has 2 amide bonds. The molecule has 0 aliphatic rings. The van der Waals surface area contributed by atoms with Crippen molar-refractivity contribution >= 4 is 44.9 Å². The predicted octanol–water partition coefficient (Wildman–Crippen LogP) is 2.52. The number of hydrogen-bond acceptors (Lipinski definition) is 3. The van der Waals surface area contributed by atoms with Crippen molar-refractivity contribution < 1.29 is 4.79 Å². The number of hydrogen-bond donors (Lipinski definition) is 2. The van der Waals surface area contributed by atoms with Crippen molar-refractivity contribution in [3.8, 4) is 0 Å². The van der Waals surface area contributed by atoms with Gasteiger partial charge in [-0.15, -0.1) is 11.3 Å². The third kappa shape index (κ3) is 5.25. The zero-order chi connectivity index (χ0) is 12.8. The fraction of sp³-hybridized carbons (Fsp3) is 0.500. The first-order valence-corrected chi connectivity index (χ1v) is 7.09. The van der Waals surface area contributed by atoms with Crippen LogP contribution in [0.2, 0.25) is 4.34 Å². The van der Waals surface area contributed by atoms with E-state index in [4.69, 9.17) is 11.6 Å². The molecule has 0 bridgehead atoms. The Labute approximate surface area is 118 Å². The summed E-state index contributed by atoms with van der Waals surface area (Å²) in [4.78, 5) is 13.9. The second-order valence-electron chi connectivity index (χ2n) is 3.64. The standard InChI is InChI=1S/C10H15BrClN3OS/c1-15(2)10(16)14-4-3-13-6-7-5-8(11)9(12)17-7/h5,13H,3-4,6H2,1-2H3,(H,14,16). The van der Waals surface area contributed by atoms with E-state index in [2.05, 4.69) is 26.6 Å². The highest BCUT2D eigenvalue weighted by molar-refractivity contribution is 9.10. The summed E-state index contributed by atoms with van der Waals surface area (Å²) in [6.45, 7) is 2.10. The smallest absolute Gasteiger partial charge is 0.316 e. The molecule has 1 aromatic heterocycles. The quantitative estimate of drug-likeness (QED) is 0.809. The Morgan fingerprint density at radius 3 is 2.76 bits per heavy atom. The summed E-state index contributed by atoms with van der Waals surface area (Å²) >= 11 is 10.8. The lowest BCUT2D eigenvalue weighted by molar-refractivity contribution is 0.217. The molecule has 96 valence electrons. The Hall–Kier alpha value is -0.300. The fourth-order valence-electron chi connectivity index (χ4n) is 1.11. The van der Waals surface area contributed by atoms with E-state index < -0.39 is 0 Å². The molecule has 0 saturated heterocycles. The number of halogens is 2. The molecular formula is C10H15BrClN3OS. The van der Waals surface area contributed by atoms with Crippen LogP contribution in [0.3, 0.4) is 0 Å². The van der Waals surface area contributed by atoms with Gasteiger partial charge in [-0.2, -0.15) is 0 Å². The van der Waals surface area contributed by atoms with Crippen molar-refractivity contribution in [2.45, 2.75) is 6.54 Å². The molecule has 0 aromatic carbocycles. The van der Waals surface area contributed by atoms with E-state index >= 15 is 0 Å². The van der Waals surface area contributed by atoms with Crippen molar-refractivity contribution in [3.63, 3.8) is 0 Å². The molecule has 1 rings (SSSR count). The highest BCUT2D eigenvalue weighted by Crippen LogP contribution is 2.31. The maximum atomic E-state index is 11.2. The summed E-state index contributed by atoms with van der Waals surface area (Å²) in [6, 6.07) is 1.92. The molecular weight excluding hydrogens is 326 g/mol. The van der Waals surface area contributed by atoms with Gasteiger partial charge in [-0.1, -0.05) is 11.6 Å². The van der Waals surface area contributed by atoms with Crippen LogP contribution < -0.4 is 10.6 Å². The Kier molecular flexibility index (Phi) is 6.26. The number of rotatable bonds is 5. The molecule has 0 saturated carbocycles. The average molecular weight is 341 g/mol. The molecule has 0 spiro atoms. The zero-order valence-electron chi connectivity index (χ0n) is 9.72. The van der Waals surface area contributed by atoms with Crippen molar-refractivity contribution in [2.75, 3.05) is 27.2 Å². The predicted molar refractivity (Wildman–Crippen MR) is 75.8 cm³/mol. The highest BCUT2D eigenvalue weighted by Gasteiger charge is 2.04. The van der Waals surface area contributed by atoms with E-state index in [1.54, 1.807) is 25.4 Å². The molecule has 0 atom stereocenters. The van der Waals surface area contributed by atoms with E-state index in [9.17, 15) is 4.79 Å². The number of nitrogens with one attached hydrogen (secondary N) is 2. The summed E-state index contributed by atoms with van der Waals surface area (Å²) in [6.07, 6.45) is 0. The van der Waals surface area contributed by atoms with E-state index in [0.717, 1.165) is 21.9 Å². The second kappa shape index (κ2) is 7.20. The van der Waals surface area contributed by atoms with E-state index in [1.807, 2.05) is 6.07 Å². The third-order valence-corrected chi connectivity index (χ3v) is 4.45. The van der Waals surface area contributed by atoms with Gasteiger partial charge in [0.25, 0.3) is 0 Å². The maximum absolute atomic E-state index is 11.2. The van der Waals surface area contributed by atoms with Crippen LogP contribution in [-0.2, 0) is 6.54 Å². The van der Waals surface area contributed by atoms with E-state index in [0.29, 0.717) is 6.54 Å². The second-order valence-corrected chi connectivity index (χ2v) is 6.23. The Bertz CT molecular complexity index is 364. The Morgan fingerprint density at radius 1 is 1.53 bits per heavy atom. The van der Waals surface area contributed by atoms with Gasteiger partial charge in [-0.05, 0) is 22.0 Å². The molecule has 0 aliphatic carbocycles. The first-order chi connectivity index (χ1) is 8.00. The normalized spacial score (nSPS) is 10.4. The summed E-state index contributed by atoms with van der Waals surface area (Å²) < 4.78 is 1.70. The van der Waals surface area contributed by atoms with Gasteiger partial charge in [0.1, 0.15) is 4.34 Å². The maximum Gasteiger partial charge on any atom is 0.316 e. The number of carbonyl (C=O) groups excluding carboxylic acids is 1. The molecule has 0 radical (unpaired) electrons. The van der Waals surface area contributed by atoms with Gasteiger partial charge < -0.3 is 15.5 Å². The van der Waals surface area contributed by atoms with Crippen LogP contribution in [0.4, 0.5) is 4.79 Å². The summed E-state index contributed by atoms with van der Waals surface area (Å²) in [7, 11) is 3.43. The summed E-state index contributed by atoms with van der Waals surface area (Å²) in [5, 5.41) is 6.01. The largest absolute Gasteiger partial charge is 0.337 e. The van der Waals surface area contributed by atoms with Crippen LogP contribution in [0, 0.1) is 0 Å². The van der Waals surface area contributed by atoms with Gasteiger partial charge >= 0.3 is 6.03 Å². The molecule has 17 heavy (non-hydrogen) atoms. The van der Waals surface area contributed by atoms with E-state index in [-0.39, 0.29) is 6.03 Å². The topological polar surface area (TPSA) is 44.4 Å². The van der Waals surface area contributed by atoms with Crippen LogP contribution >= 0.6 is 38.9 Å². The van der Waals surface area contributed by atoms with Crippen molar-refractivity contribution in [1.82, 2.24) is 15.5 Å². The first kappa shape index (κ1) is 14.8. The molecule has 0 aliphatic heterocycles. The van der Waals surface area contributed by atoms with Crippen LogP contribution in [0.5, 0.6) is 0 Å². The molecule has 1 heterocycles. The highest BCUT2D eigenvalue weighted by atomic mass is 79.9. The first-order valence-electron chi connectivity index (χ1n) is 5.10. The van der Waals surface area contributed by atoms with Crippen molar-refractivity contribution in [3.05, 3.63) is 19.8 Å². The van der Waals surface area contributed by atoms with Gasteiger partial charge in [0.15, 0.2) is 0 Å². The minimum atomic E-state index is -0.0753. The van der Waals surface area contributed by atoms with Crippen molar-refractivity contribution in [2.24, 2.45) is 0 Å². The molecule has 2 N–H and O–H groups in total. The zero-order valence-corrected chi connectivity index (χ0v) is 12.9. The van der Waals surface area contributed by atoms with Gasteiger partial charge in [-0.25, -0.2) is 4.79 Å². The fourth-order valence-corrected chi connectivity index (χ4v) is 2.87. The number of urea groups is 1. The number of thiophene rings is 1. The SMILES string of the molecule is CN(C)C(=O)NCCNCc1cc(Br)c(Cl)s1. The molecule has 0 unspecified atom stereocenters. The third-order valence-electron chi connectivity index (χ3n) is 1.98. The number of amides is 2. The lowest BCUT2D eigenvalue weighted by Crippen LogP contribution is -2.38. The average Bonchev–Trinajstić information content (AvgIpc) is 2.57. The van der Waals surface area contributed by atoms with Crippen LogP contribution in [-0.4, -0.2) is 38.1 Å². The van der Waals surface area contributed by atoms with Crippen LogP contribution in [0.1, 0.15) is 4.88 Å². The Morgan fingerprint density at radius 2 is 2.24 bits per heavy atom. The molecule has 4 nitrogen and oxygen atoms in total. The summed E-state index contributed by atoms with van der Waals surface area (Å²) in [5.41, 5.74) is 0. The number of nitrogens with zero attached hydrogens (tertiary/aromatic N) is 1. The number of carbonyl (C=O) groups is 1. The van der Waals surface area contributed by atoms with Gasteiger partial charge in [0.2, 0.25) is 0 Å². The molecule has 1 aromatic rings. The lowest BCUT2D eigenvalue weighted by Gasteiger charge is -2.11. The Balaban J connectivity index is 2.14. The lowest BCUT2D eigenvalue weighted by atomic mass is 10.4. The minimum Gasteiger partial charge on any atom is -0.337 e. The van der Waals surface area contributed by atoms with Gasteiger partial charge in [0.05, 0.1) is 0 Å². The summed E-state index contributed by atoms with van der Waals surface area (Å²) in [5.74, 6) is 0. The van der Waals surface area contributed by atoms with Gasteiger partial charge in [-0.3, -0.25) is 0 Å². The van der Waals surface area contributed by atoms with E-state index in [1.165, 1.54) is 9.78 Å². The van der Waals surface area contributed by atoms with Crippen LogP contribution in [0.25, 0.3) is 0 Å². The van der Waals surface area contributed by atoms with Crippen molar-refractivity contribution in [1.29, 1.82) is 0 Å². The van der Waals surface area contributed by atoms with Crippen LogP contribution in [0.15, 0.2) is 10.5 Å². The minimum absolute atomic E-state index is 0.0753. The van der Waals surface area contributed by atoms with Gasteiger partial charge in [0, 0.05) is 43.1 Å². The molecule has 0 fully saturated rings. The molecule has 7 heteroatoms. The monoisotopic (exact) mass is 339 g/mol.